The molecule has 2 unspecified atom stereocenters. The van der Waals surface area contributed by atoms with Crippen LogP contribution < -0.4 is 0 Å². The van der Waals surface area contributed by atoms with E-state index in [1.807, 2.05) is 6.07 Å². The summed E-state index contributed by atoms with van der Waals surface area (Å²) in [6, 6.07) is 10.6. The summed E-state index contributed by atoms with van der Waals surface area (Å²) in [4.78, 5) is 0.0923. The van der Waals surface area contributed by atoms with E-state index in [4.69, 9.17) is 23.2 Å². The zero-order chi connectivity index (χ0) is 14.0. The molecule has 0 fully saturated rings. The van der Waals surface area contributed by atoms with Crippen molar-refractivity contribution in [3.8, 4) is 0 Å². The fourth-order valence-corrected chi connectivity index (χ4v) is 4.42. The number of alkyl halides is 1. The normalized spacial score (nSPS) is 14.4. The van der Waals surface area contributed by atoms with E-state index in [1.165, 1.54) is 22.5 Å². The van der Waals surface area contributed by atoms with Gasteiger partial charge in [0.05, 0.1) is 13.5 Å². The molecule has 0 aliphatic rings. The molecule has 0 aliphatic heterocycles. The number of halogens is 3. The molecule has 0 aliphatic carbocycles. The quantitative estimate of drug-likeness (QED) is 0.500. The summed E-state index contributed by atoms with van der Waals surface area (Å²) < 4.78 is 1.47. The summed E-state index contributed by atoms with van der Waals surface area (Å²) in [6.07, 6.45) is 1.16. The summed E-state index contributed by atoms with van der Waals surface area (Å²) in [5.74, 6) is 0.599. The van der Waals surface area contributed by atoms with Crippen LogP contribution in [0.15, 0.2) is 30.3 Å². The molecule has 1 aromatic heterocycles. The van der Waals surface area contributed by atoms with E-state index in [9.17, 15) is 0 Å². The van der Waals surface area contributed by atoms with E-state index >= 15 is 0 Å². The molecular weight excluding hydrogens is 363 g/mol. The van der Waals surface area contributed by atoms with Crippen LogP contribution >= 0.6 is 50.5 Å². The average molecular weight is 378 g/mol. The fourth-order valence-electron chi connectivity index (χ4n) is 1.93. The summed E-state index contributed by atoms with van der Waals surface area (Å²) in [6.45, 7) is 4.45. The Labute approximate surface area is 136 Å². The van der Waals surface area contributed by atoms with Crippen molar-refractivity contribution in [1.82, 2.24) is 0 Å². The van der Waals surface area contributed by atoms with Gasteiger partial charge < -0.3 is 0 Å². The van der Waals surface area contributed by atoms with Gasteiger partial charge in [-0.1, -0.05) is 77.2 Å². The first-order chi connectivity index (χ1) is 9.02. The fraction of sp³-hybridized carbons (Fsp3) is 0.333. The molecule has 4 heteroatoms. The van der Waals surface area contributed by atoms with Crippen molar-refractivity contribution in [2.24, 2.45) is 0 Å². The van der Waals surface area contributed by atoms with E-state index in [-0.39, 0.29) is 4.83 Å². The zero-order valence-electron chi connectivity index (χ0n) is 10.8. The molecule has 1 aromatic carbocycles. The van der Waals surface area contributed by atoms with Gasteiger partial charge in [0.25, 0.3) is 0 Å². The van der Waals surface area contributed by atoms with Gasteiger partial charge in [0.2, 0.25) is 0 Å². The summed E-state index contributed by atoms with van der Waals surface area (Å²) in [5.41, 5.74) is 3.61. The van der Waals surface area contributed by atoms with Crippen LogP contribution in [0.5, 0.6) is 0 Å². The van der Waals surface area contributed by atoms with Gasteiger partial charge in [0.15, 0.2) is 0 Å². The summed E-state index contributed by atoms with van der Waals surface area (Å²) in [7, 11) is 0. The Morgan fingerprint density at radius 2 is 1.74 bits per heavy atom. The molecule has 0 radical (unpaired) electrons. The van der Waals surface area contributed by atoms with Gasteiger partial charge in [-0.15, -0.1) is 11.3 Å². The lowest BCUT2D eigenvalue weighted by Crippen LogP contribution is -1.95. The first kappa shape index (κ1) is 15.4. The van der Waals surface area contributed by atoms with Crippen LogP contribution in [0.4, 0.5) is 0 Å². The third-order valence-corrected chi connectivity index (χ3v) is 5.91. The number of benzene rings is 1. The van der Waals surface area contributed by atoms with E-state index in [2.05, 4.69) is 54.0 Å². The van der Waals surface area contributed by atoms with Crippen molar-refractivity contribution in [1.29, 1.82) is 0 Å². The Morgan fingerprint density at radius 3 is 2.21 bits per heavy atom. The van der Waals surface area contributed by atoms with Crippen LogP contribution in [0, 0.1) is 0 Å². The summed E-state index contributed by atoms with van der Waals surface area (Å²) >= 11 is 17.3. The maximum Gasteiger partial charge on any atom is 0.0990 e. The van der Waals surface area contributed by atoms with Gasteiger partial charge in [-0.3, -0.25) is 0 Å². The van der Waals surface area contributed by atoms with Crippen molar-refractivity contribution >= 4 is 50.5 Å². The van der Waals surface area contributed by atoms with E-state index in [1.54, 1.807) is 0 Å². The lowest BCUT2D eigenvalue weighted by molar-refractivity contribution is 0.733. The van der Waals surface area contributed by atoms with Crippen molar-refractivity contribution in [3.63, 3.8) is 0 Å². The molecule has 2 atom stereocenters. The topological polar surface area (TPSA) is 0 Å². The smallest absolute Gasteiger partial charge is 0.0990 e. The van der Waals surface area contributed by atoms with Gasteiger partial charge in [-0.05, 0) is 29.5 Å². The van der Waals surface area contributed by atoms with Crippen molar-refractivity contribution in [2.75, 3.05) is 0 Å². The molecule has 102 valence electrons. The highest BCUT2D eigenvalue weighted by atomic mass is 79.9. The molecule has 0 N–H and O–H groups in total. The number of thiophene rings is 1. The minimum atomic E-state index is 0.0923. The first-order valence-electron chi connectivity index (χ1n) is 6.21. The van der Waals surface area contributed by atoms with E-state index in [0.29, 0.717) is 5.92 Å². The van der Waals surface area contributed by atoms with Crippen LogP contribution in [0.25, 0.3) is 0 Å². The molecule has 2 aromatic rings. The molecule has 0 bridgehead atoms. The average Bonchev–Trinajstić information content (AvgIpc) is 2.76. The number of rotatable bonds is 4. The largest absolute Gasteiger partial charge is 0.111 e. The molecule has 0 spiro atoms. The predicted molar refractivity (Wildman–Crippen MR) is 90.3 cm³/mol. The van der Waals surface area contributed by atoms with E-state index in [0.717, 1.165) is 20.7 Å². The zero-order valence-corrected chi connectivity index (χ0v) is 14.7. The number of hydrogen-bond acceptors (Lipinski definition) is 1. The molecule has 2 rings (SSSR count). The molecule has 1 heterocycles. The van der Waals surface area contributed by atoms with Gasteiger partial charge in [0.1, 0.15) is 0 Å². The Bertz CT molecular complexity index is 548. The van der Waals surface area contributed by atoms with Crippen LogP contribution in [0.3, 0.4) is 0 Å². The maximum atomic E-state index is 6.20. The Kier molecular flexibility index (Phi) is 5.36. The standard InChI is InChI=1S/C15H15BrCl2S/c1-3-9(2)10-4-6-11(7-5-10)14(16)12-8-13(17)19-15(12)18/h4-9,14H,3H2,1-2H3. The predicted octanol–water partition coefficient (Wildman–Crippen LogP) is 7.05. The highest BCUT2D eigenvalue weighted by Gasteiger charge is 2.17. The van der Waals surface area contributed by atoms with Crippen molar-refractivity contribution < 1.29 is 0 Å². The van der Waals surface area contributed by atoms with Gasteiger partial charge in [-0.25, -0.2) is 0 Å². The molecule has 0 amide bonds. The second-order valence-corrected chi connectivity index (χ2v) is 7.82. The molecule has 0 nitrogen and oxygen atoms in total. The lowest BCUT2D eigenvalue weighted by Gasteiger charge is -2.13. The summed E-state index contributed by atoms with van der Waals surface area (Å²) in [5, 5.41) is 0. The first-order valence-corrected chi connectivity index (χ1v) is 8.70. The Hall–Kier alpha value is -0.0200. The highest BCUT2D eigenvalue weighted by Crippen LogP contribution is 2.41. The third kappa shape index (κ3) is 3.55. The second kappa shape index (κ2) is 6.62. The highest BCUT2D eigenvalue weighted by molar-refractivity contribution is 9.09. The monoisotopic (exact) mass is 376 g/mol. The Morgan fingerprint density at radius 1 is 1.16 bits per heavy atom. The minimum absolute atomic E-state index is 0.0923. The molecule has 0 saturated carbocycles. The van der Waals surface area contributed by atoms with Gasteiger partial charge in [-0.2, -0.15) is 0 Å². The number of hydrogen-bond donors (Lipinski definition) is 0. The lowest BCUT2D eigenvalue weighted by atomic mass is 9.96. The van der Waals surface area contributed by atoms with Crippen LogP contribution in [-0.4, -0.2) is 0 Å². The van der Waals surface area contributed by atoms with Crippen molar-refractivity contribution in [2.45, 2.75) is 31.0 Å². The Balaban J connectivity index is 2.25. The molecular formula is C15H15BrCl2S. The van der Waals surface area contributed by atoms with Gasteiger partial charge in [0, 0.05) is 5.56 Å². The van der Waals surface area contributed by atoms with Gasteiger partial charge >= 0.3 is 0 Å². The second-order valence-electron chi connectivity index (χ2n) is 4.62. The SMILES string of the molecule is CCC(C)c1ccc(C(Br)c2cc(Cl)sc2Cl)cc1. The van der Waals surface area contributed by atoms with Crippen LogP contribution in [0.1, 0.15) is 47.7 Å². The minimum Gasteiger partial charge on any atom is -0.111 e. The third-order valence-electron chi connectivity index (χ3n) is 3.37. The van der Waals surface area contributed by atoms with Crippen LogP contribution in [-0.2, 0) is 0 Å². The maximum absolute atomic E-state index is 6.20. The van der Waals surface area contributed by atoms with Crippen molar-refractivity contribution in [3.05, 3.63) is 55.7 Å². The van der Waals surface area contributed by atoms with E-state index < -0.39 is 0 Å². The van der Waals surface area contributed by atoms with Crippen LogP contribution in [0.2, 0.25) is 8.67 Å². The molecule has 0 saturated heterocycles. The molecule has 19 heavy (non-hydrogen) atoms.